The van der Waals surface area contributed by atoms with Crippen LogP contribution in [0.3, 0.4) is 0 Å². The third kappa shape index (κ3) is 5.39. The van der Waals surface area contributed by atoms with Crippen molar-refractivity contribution in [3.8, 4) is 0 Å². The van der Waals surface area contributed by atoms with Crippen molar-refractivity contribution in [2.45, 2.75) is 38.5 Å². The monoisotopic (exact) mass is 561 g/mol. The van der Waals surface area contributed by atoms with Crippen molar-refractivity contribution >= 4 is 50.9 Å². The molecule has 2 aliphatic rings. The average Bonchev–Trinajstić information content (AvgIpc) is 3.38. The molecule has 1 aliphatic heterocycles. The Balaban J connectivity index is 1.32. The number of nitrogens with one attached hydrogen (secondary N) is 1. The number of benzene rings is 3. The minimum absolute atomic E-state index is 0.0337. The number of alkyl halides is 1. The lowest BCUT2D eigenvalue weighted by Gasteiger charge is -2.30. The van der Waals surface area contributed by atoms with Gasteiger partial charge in [0.1, 0.15) is 6.61 Å². The summed E-state index contributed by atoms with van der Waals surface area (Å²) in [5.41, 5.74) is 3.95. The number of ether oxygens (including phenoxy) is 1. The van der Waals surface area contributed by atoms with Gasteiger partial charge in [-0.2, -0.15) is 0 Å². The molecule has 3 amide bonds. The smallest absolute Gasteiger partial charge is 0.411 e. The highest BCUT2D eigenvalue weighted by molar-refractivity contribution is 9.09. The maximum atomic E-state index is 13.8. The lowest BCUT2D eigenvalue weighted by molar-refractivity contribution is -0.122. The largest absolute Gasteiger partial charge is 0.444 e. The zero-order valence-electron chi connectivity index (χ0n) is 20.3. The Morgan fingerprint density at radius 1 is 0.892 bits per heavy atom. The van der Waals surface area contributed by atoms with Crippen LogP contribution in [0.15, 0.2) is 78.9 Å². The molecule has 3 aromatic rings. The molecule has 1 saturated carbocycles. The van der Waals surface area contributed by atoms with Crippen molar-refractivity contribution in [2.75, 3.05) is 20.4 Å². The van der Waals surface area contributed by atoms with E-state index >= 15 is 0 Å². The highest BCUT2D eigenvalue weighted by atomic mass is 79.9. The summed E-state index contributed by atoms with van der Waals surface area (Å²) < 4.78 is 5.29. The molecule has 0 spiro atoms. The van der Waals surface area contributed by atoms with Crippen LogP contribution in [-0.4, -0.2) is 29.3 Å². The minimum atomic E-state index is -0.531. The van der Waals surface area contributed by atoms with E-state index in [2.05, 4.69) is 21.2 Å². The average molecular weight is 562 g/mol. The number of carbonyl (C=O) groups excluding carboxylic acids is 3. The summed E-state index contributed by atoms with van der Waals surface area (Å²) in [6.07, 6.45) is 1.98. The number of anilines is 3. The molecule has 1 heterocycles. The summed E-state index contributed by atoms with van der Waals surface area (Å²) in [6, 6.07) is 24.4. The van der Waals surface area contributed by atoms with Crippen LogP contribution in [0.4, 0.5) is 21.9 Å². The molecule has 0 aromatic heterocycles. The van der Waals surface area contributed by atoms with Crippen molar-refractivity contribution < 1.29 is 19.1 Å². The van der Waals surface area contributed by atoms with Gasteiger partial charge in [-0.1, -0.05) is 76.9 Å². The Morgan fingerprint density at radius 2 is 1.59 bits per heavy atom. The highest BCUT2D eigenvalue weighted by Crippen LogP contribution is 2.43. The van der Waals surface area contributed by atoms with Gasteiger partial charge in [0.2, 0.25) is 11.8 Å². The van der Waals surface area contributed by atoms with E-state index in [1.165, 1.54) is 0 Å². The van der Waals surface area contributed by atoms with E-state index in [1.54, 1.807) is 17.0 Å². The Bertz CT molecular complexity index is 1280. The normalized spacial score (nSPS) is 18.6. The fraction of sp³-hybridized carbons (Fsp3) is 0.276. The van der Waals surface area contributed by atoms with Crippen molar-refractivity contribution in [1.82, 2.24) is 0 Å². The van der Waals surface area contributed by atoms with Gasteiger partial charge in [-0.3, -0.25) is 14.9 Å². The first-order valence-electron chi connectivity index (χ1n) is 12.4. The maximum absolute atomic E-state index is 13.8. The lowest BCUT2D eigenvalue weighted by Crippen LogP contribution is -2.45. The number of hydrogen-bond donors (Lipinski definition) is 1. The van der Waals surface area contributed by atoms with Crippen LogP contribution < -0.4 is 15.1 Å². The quantitative estimate of drug-likeness (QED) is 0.381. The molecule has 37 heavy (non-hydrogen) atoms. The summed E-state index contributed by atoms with van der Waals surface area (Å²) in [4.78, 5) is 42.5. The summed E-state index contributed by atoms with van der Waals surface area (Å²) in [5, 5.41) is 2.95. The number of rotatable bonds is 6. The Morgan fingerprint density at radius 3 is 2.32 bits per heavy atom. The van der Waals surface area contributed by atoms with E-state index in [0.717, 1.165) is 41.8 Å². The summed E-state index contributed by atoms with van der Waals surface area (Å²) in [6.45, 7) is 0.562. The van der Waals surface area contributed by atoms with E-state index < -0.39 is 6.09 Å². The second-order valence-electron chi connectivity index (χ2n) is 9.30. The molecule has 1 fully saturated rings. The van der Waals surface area contributed by atoms with E-state index in [4.69, 9.17) is 4.74 Å². The first kappa shape index (κ1) is 25.0. The molecular formula is C29H28BrN3O4. The fourth-order valence-electron chi connectivity index (χ4n) is 5.23. The van der Waals surface area contributed by atoms with Gasteiger partial charge in [-0.25, -0.2) is 4.79 Å². The third-order valence-corrected chi connectivity index (χ3v) is 7.44. The van der Waals surface area contributed by atoms with Crippen LogP contribution in [0, 0.1) is 5.92 Å². The standard InChI is InChI=1S/C29H28BrN3O4/c30-17-27(34)33-24-12-6-9-23(24)28(35)32(25-10-4-5-11-26(25)33)18-20-13-15-22(16-14-20)31-29(36)37-19-21-7-2-1-3-8-21/h1-5,7-8,10-11,13-16,23-24H,6,9,12,17-19H2,(H,31,36). The van der Waals surface area contributed by atoms with Crippen molar-refractivity contribution in [3.05, 3.63) is 90.0 Å². The molecule has 7 nitrogen and oxygen atoms in total. The Kier molecular flexibility index (Phi) is 7.55. The molecule has 8 heteroatoms. The predicted octanol–water partition coefficient (Wildman–Crippen LogP) is 5.88. The third-order valence-electron chi connectivity index (χ3n) is 6.96. The molecule has 0 radical (unpaired) electrons. The van der Waals surface area contributed by atoms with Gasteiger partial charge >= 0.3 is 6.09 Å². The molecule has 1 N–H and O–H groups in total. The topological polar surface area (TPSA) is 79.0 Å². The van der Waals surface area contributed by atoms with Gasteiger partial charge < -0.3 is 14.5 Å². The lowest BCUT2D eigenvalue weighted by atomic mass is 10.0. The molecular weight excluding hydrogens is 534 g/mol. The molecule has 2 unspecified atom stereocenters. The van der Waals surface area contributed by atoms with Crippen molar-refractivity contribution in [2.24, 2.45) is 5.92 Å². The van der Waals surface area contributed by atoms with Crippen LogP contribution >= 0.6 is 15.9 Å². The van der Waals surface area contributed by atoms with E-state index in [1.807, 2.05) is 71.6 Å². The molecule has 5 rings (SSSR count). The van der Waals surface area contributed by atoms with E-state index in [9.17, 15) is 14.4 Å². The Hall–Kier alpha value is -3.65. The summed E-state index contributed by atoms with van der Waals surface area (Å²) in [7, 11) is 0. The number of nitrogens with zero attached hydrogens (tertiary/aromatic N) is 2. The van der Waals surface area contributed by atoms with Crippen LogP contribution in [0.25, 0.3) is 0 Å². The molecule has 2 atom stereocenters. The number of fused-ring (bicyclic) bond motifs is 2. The van der Waals surface area contributed by atoms with Crippen LogP contribution in [0.5, 0.6) is 0 Å². The van der Waals surface area contributed by atoms with Gasteiger partial charge in [0.25, 0.3) is 0 Å². The van der Waals surface area contributed by atoms with Gasteiger partial charge in [0.05, 0.1) is 29.2 Å². The molecule has 1 aliphatic carbocycles. The van der Waals surface area contributed by atoms with Crippen LogP contribution in [0.1, 0.15) is 30.4 Å². The second-order valence-corrected chi connectivity index (χ2v) is 9.86. The molecule has 0 saturated heterocycles. The SMILES string of the molecule is O=C(Nc1ccc(CN2C(=O)C3CCCC3N(C(=O)CBr)c3ccccc32)cc1)OCc1ccccc1. The number of carbonyl (C=O) groups is 3. The van der Waals surface area contributed by atoms with Crippen LogP contribution in [-0.2, 0) is 27.5 Å². The van der Waals surface area contributed by atoms with Crippen molar-refractivity contribution in [1.29, 1.82) is 0 Å². The summed E-state index contributed by atoms with van der Waals surface area (Å²) >= 11 is 3.33. The summed E-state index contributed by atoms with van der Waals surface area (Å²) in [5.74, 6) is -0.212. The van der Waals surface area contributed by atoms with Gasteiger partial charge in [-0.15, -0.1) is 0 Å². The number of para-hydroxylation sites is 2. The molecule has 0 bridgehead atoms. The van der Waals surface area contributed by atoms with Gasteiger partial charge in [-0.05, 0) is 48.2 Å². The van der Waals surface area contributed by atoms with E-state index in [-0.39, 0.29) is 35.7 Å². The molecule has 3 aromatic carbocycles. The first-order valence-corrected chi connectivity index (χ1v) is 13.5. The maximum Gasteiger partial charge on any atom is 0.411 e. The zero-order chi connectivity index (χ0) is 25.8. The minimum Gasteiger partial charge on any atom is -0.444 e. The fourth-order valence-corrected chi connectivity index (χ4v) is 5.50. The van der Waals surface area contributed by atoms with Crippen molar-refractivity contribution in [3.63, 3.8) is 0 Å². The number of amides is 3. The van der Waals surface area contributed by atoms with Crippen LogP contribution in [0.2, 0.25) is 0 Å². The molecule has 190 valence electrons. The first-order chi connectivity index (χ1) is 18.0. The van der Waals surface area contributed by atoms with E-state index in [0.29, 0.717) is 12.2 Å². The second kappa shape index (κ2) is 11.2. The highest BCUT2D eigenvalue weighted by Gasteiger charge is 2.45. The number of halogens is 1. The number of hydrogen-bond acceptors (Lipinski definition) is 4. The zero-order valence-corrected chi connectivity index (χ0v) is 21.9. The predicted molar refractivity (Wildman–Crippen MR) is 147 cm³/mol. The Labute approximate surface area is 224 Å². The van der Waals surface area contributed by atoms with Gasteiger partial charge in [0, 0.05) is 11.7 Å². The van der Waals surface area contributed by atoms with Gasteiger partial charge in [0.15, 0.2) is 0 Å².